The summed E-state index contributed by atoms with van der Waals surface area (Å²) in [6.07, 6.45) is 5.77. The highest BCUT2D eigenvalue weighted by Crippen LogP contribution is 2.22. The van der Waals surface area contributed by atoms with Crippen LogP contribution >= 0.6 is 0 Å². The average molecular weight is 274 g/mol. The SMILES string of the molecule is CCOc1cccc(C(CCc2cnn(C)c2)NN)c1. The molecule has 0 spiro atoms. The Kier molecular flexibility index (Phi) is 5.15. The van der Waals surface area contributed by atoms with Gasteiger partial charge in [-0.2, -0.15) is 5.10 Å². The molecule has 20 heavy (non-hydrogen) atoms. The van der Waals surface area contributed by atoms with E-state index in [9.17, 15) is 0 Å². The van der Waals surface area contributed by atoms with E-state index in [0.29, 0.717) is 6.61 Å². The largest absolute Gasteiger partial charge is 0.494 e. The van der Waals surface area contributed by atoms with E-state index in [1.807, 2.05) is 49.2 Å². The van der Waals surface area contributed by atoms with Crippen molar-refractivity contribution in [3.05, 3.63) is 47.8 Å². The van der Waals surface area contributed by atoms with Gasteiger partial charge in [-0.25, -0.2) is 0 Å². The van der Waals surface area contributed by atoms with Gasteiger partial charge >= 0.3 is 0 Å². The smallest absolute Gasteiger partial charge is 0.119 e. The van der Waals surface area contributed by atoms with Crippen LogP contribution in [0.4, 0.5) is 0 Å². The first-order valence-electron chi connectivity index (χ1n) is 6.89. The Morgan fingerprint density at radius 1 is 1.45 bits per heavy atom. The maximum atomic E-state index is 5.69. The summed E-state index contributed by atoms with van der Waals surface area (Å²) in [5.41, 5.74) is 5.24. The molecule has 5 heteroatoms. The fraction of sp³-hybridized carbons (Fsp3) is 0.400. The normalized spacial score (nSPS) is 12.3. The van der Waals surface area contributed by atoms with Crippen LogP contribution in [0, 0.1) is 0 Å². The van der Waals surface area contributed by atoms with E-state index in [1.165, 1.54) is 5.56 Å². The zero-order valence-electron chi connectivity index (χ0n) is 12.0. The van der Waals surface area contributed by atoms with Gasteiger partial charge in [-0.1, -0.05) is 12.1 Å². The molecule has 108 valence electrons. The summed E-state index contributed by atoms with van der Waals surface area (Å²) in [6.45, 7) is 2.65. The molecule has 0 saturated carbocycles. The zero-order chi connectivity index (χ0) is 14.4. The number of benzene rings is 1. The molecule has 2 aromatic rings. The molecule has 0 radical (unpaired) electrons. The highest BCUT2D eigenvalue weighted by Gasteiger charge is 2.11. The number of ether oxygens (including phenoxy) is 1. The van der Waals surface area contributed by atoms with Gasteiger partial charge in [0.1, 0.15) is 5.75 Å². The summed E-state index contributed by atoms with van der Waals surface area (Å²) in [4.78, 5) is 0. The molecule has 1 heterocycles. The Balaban J connectivity index is 2.01. The van der Waals surface area contributed by atoms with Gasteiger partial charge in [0.25, 0.3) is 0 Å². The maximum Gasteiger partial charge on any atom is 0.119 e. The van der Waals surface area contributed by atoms with Crippen LogP contribution in [0.3, 0.4) is 0 Å². The van der Waals surface area contributed by atoms with Crippen molar-refractivity contribution in [1.29, 1.82) is 0 Å². The van der Waals surface area contributed by atoms with Crippen molar-refractivity contribution < 1.29 is 4.74 Å². The standard InChI is InChI=1S/C15H22N4O/c1-3-20-14-6-4-5-13(9-14)15(18-16)8-7-12-10-17-19(2)11-12/h4-6,9-11,15,18H,3,7-8,16H2,1-2H3. The number of hydrogen-bond acceptors (Lipinski definition) is 4. The van der Waals surface area contributed by atoms with Crippen LogP contribution in [0.1, 0.15) is 30.5 Å². The predicted molar refractivity (Wildman–Crippen MR) is 79.2 cm³/mol. The van der Waals surface area contributed by atoms with E-state index >= 15 is 0 Å². The molecule has 5 nitrogen and oxygen atoms in total. The van der Waals surface area contributed by atoms with E-state index in [4.69, 9.17) is 10.6 Å². The van der Waals surface area contributed by atoms with Crippen LogP contribution in [-0.4, -0.2) is 16.4 Å². The third-order valence-electron chi connectivity index (χ3n) is 3.25. The number of hydrogen-bond donors (Lipinski definition) is 2. The molecule has 0 fully saturated rings. The van der Waals surface area contributed by atoms with E-state index < -0.39 is 0 Å². The second-order valence-electron chi connectivity index (χ2n) is 4.79. The lowest BCUT2D eigenvalue weighted by atomic mass is 10.0. The number of nitrogens with two attached hydrogens (primary N) is 1. The van der Waals surface area contributed by atoms with Crippen molar-refractivity contribution in [2.24, 2.45) is 12.9 Å². The van der Waals surface area contributed by atoms with Crippen LogP contribution in [-0.2, 0) is 13.5 Å². The second kappa shape index (κ2) is 7.07. The fourth-order valence-electron chi connectivity index (χ4n) is 2.25. The van der Waals surface area contributed by atoms with Gasteiger partial charge in [-0.05, 0) is 43.0 Å². The maximum absolute atomic E-state index is 5.69. The second-order valence-corrected chi connectivity index (χ2v) is 4.79. The molecule has 1 atom stereocenters. The van der Waals surface area contributed by atoms with Gasteiger partial charge in [0, 0.05) is 19.3 Å². The fourth-order valence-corrected chi connectivity index (χ4v) is 2.25. The monoisotopic (exact) mass is 274 g/mol. The van der Waals surface area contributed by atoms with Crippen LogP contribution in [0.15, 0.2) is 36.7 Å². The summed E-state index contributed by atoms with van der Waals surface area (Å²) in [5, 5.41) is 4.18. The number of rotatable bonds is 7. The first kappa shape index (κ1) is 14.6. The molecule has 2 rings (SSSR count). The van der Waals surface area contributed by atoms with Crippen molar-refractivity contribution in [3.63, 3.8) is 0 Å². The number of aromatic nitrogens is 2. The van der Waals surface area contributed by atoms with Crippen molar-refractivity contribution in [1.82, 2.24) is 15.2 Å². The molecule has 0 aliphatic carbocycles. The molecule has 1 aromatic heterocycles. The summed E-state index contributed by atoms with van der Waals surface area (Å²) in [6, 6.07) is 8.17. The Morgan fingerprint density at radius 2 is 2.30 bits per heavy atom. The minimum absolute atomic E-state index is 0.107. The van der Waals surface area contributed by atoms with Gasteiger partial charge in [-0.15, -0.1) is 0 Å². The third kappa shape index (κ3) is 3.82. The van der Waals surface area contributed by atoms with Gasteiger partial charge in [0.15, 0.2) is 0 Å². The van der Waals surface area contributed by atoms with Gasteiger partial charge in [-0.3, -0.25) is 16.0 Å². The van der Waals surface area contributed by atoms with Crippen molar-refractivity contribution >= 4 is 0 Å². The lowest BCUT2D eigenvalue weighted by Crippen LogP contribution is -2.28. The highest BCUT2D eigenvalue weighted by molar-refractivity contribution is 5.30. The first-order valence-corrected chi connectivity index (χ1v) is 6.89. The summed E-state index contributed by atoms with van der Waals surface area (Å²) in [5.74, 6) is 6.57. The zero-order valence-corrected chi connectivity index (χ0v) is 12.0. The molecule has 0 aliphatic rings. The molecular formula is C15H22N4O. The Bertz CT molecular complexity index is 538. The molecule has 1 aromatic carbocycles. The van der Waals surface area contributed by atoms with Crippen molar-refractivity contribution in [2.75, 3.05) is 6.61 Å². The average Bonchev–Trinajstić information content (AvgIpc) is 2.86. The van der Waals surface area contributed by atoms with Crippen molar-refractivity contribution in [2.45, 2.75) is 25.8 Å². The number of hydrazine groups is 1. The minimum Gasteiger partial charge on any atom is -0.494 e. The molecular weight excluding hydrogens is 252 g/mol. The highest BCUT2D eigenvalue weighted by atomic mass is 16.5. The molecule has 0 amide bonds. The van der Waals surface area contributed by atoms with Crippen LogP contribution in [0.5, 0.6) is 5.75 Å². The lowest BCUT2D eigenvalue weighted by molar-refractivity contribution is 0.339. The summed E-state index contributed by atoms with van der Waals surface area (Å²) < 4.78 is 7.34. The van der Waals surface area contributed by atoms with E-state index in [1.54, 1.807) is 0 Å². The predicted octanol–water partition coefficient (Wildman–Crippen LogP) is 1.96. The number of nitrogens with zero attached hydrogens (tertiary/aromatic N) is 2. The quantitative estimate of drug-likeness (QED) is 0.598. The first-order chi connectivity index (χ1) is 9.72. The number of aryl methyl sites for hydroxylation is 2. The summed E-state index contributed by atoms with van der Waals surface area (Å²) >= 11 is 0. The third-order valence-corrected chi connectivity index (χ3v) is 3.25. The Morgan fingerprint density at radius 3 is 2.95 bits per heavy atom. The van der Waals surface area contributed by atoms with E-state index in [2.05, 4.69) is 16.6 Å². The molecule has 0 saturated heterocycles. The Labute approximate surface area is 119 Å². The van der Waals surface area contributed by atoms with Crippen LogP contribution < -0.4 is 16.0 Å². The van der Waals surface area contributed by atoms with Crippen molar-refractivity contribution in [3.8, 4) is 5.75 Å². The Hall–Kier alpha value is -1.85. The van der Waals surface area contributed by atoms with Gasteiger partial charge in [0.2, 0.25) is 0 Å². The topological polar surface area (TPSA) is 65.1 Å². The van der Waals surface area contributed by atoms with Crippen LogP contribution in [0.2, 0.25) is 0 Å². The minimum atomic E-state index is 0.107. The lowest BCUT2D eigenvalue weighted by Gasteiger charge is -2.17. The van der Waals surface area contributed by atoms with E-state index in [0.717, 1.165) is 24.2 Å². The molecule has 0 aliphatic heterocycles. The molecule has 0 bridgehead atoms. The van der Waals surface area contributed by atoms with Crippen LogP contribution in [0.25, 0.3) is 0 Å². The van der Waals surface area contributed by atoms with Gasteiger partial charge < -0.3 is 4.74 Å². The molecule has 3 N–H and O–H groups in total. The van der Waals surface area contributed by atoms with E-state index in [-0.39, 0.29) is 6.04 Å². The number of nitrogens with one attached hydrogen (secondary N) is 1. The van der Waals surface area contributed by atoms with Gasteiger partial charge in [0.05, 0.1) is 12.8 Å². The summed E-state index contributed by atoms with van der Waals surface area (Å²) in [7, 11) is 1.92. The molecule has 1 unspecified atom stereocenters.